The molecule has 1 amide bonds. The molecule has 2 heterocycles. The van der Waals surface area contributed by atoms with E-state index in [4.69, 9.17) is 10.5 Å². The Balaban J connectivity index is 0.00000200. The number of halogens is 1. The Morgan fingerprint density at radius 1 is 1.55 bits per heavy atom. The van der Waals surface area contributed by atoms with E-state index in [0.717, 1.165) is 25.9 Å². The van der Waals surface area contributed by atoms with Crippen molar-refractivity contribution in [3.8, 4) is 5.75 Å². The number of hydrogen-bond acceptors (Lipinski definition) is 4. The van der Waals surface area contributed by atoms with Crippen molar-refractivity contribution < 1.29 is 9.53 Å². The van der Waals surface area contributed by atoms with E-state index in [-0.39, 0.29) is 12.4 Å². The molecule has 0 radical (unpaired) electrons. The lowest BCUT2D eigenvalue weighted by atomic mass is 9.99. The number of carbonyl (C=O) groups excluding carboxylic acids is 1. The fourth-order valence-electron chi connectivity index (χ4n) is 2.06. The summed E-state index contributed by atoms with van der Waals surface area (Å²) in [5.41, 5.74) is 4.52. The maximum Gasteiger partial charge on any atom is 0.244 e. The van der Waals surface area contributed by atoms with Gasteiger partial charge in [-0.15, -0.1) is 12.4 Å². The average Bonchev–Trinajstić information content (AvgIpc) is 2.87. The quantitative estimate of drug-likeness (QED) is 0.847. The summed E-state index contributed by atoms with van der Waals surface area (Å²) in [5, 5.41) is 7.48. The minimum atomic E-state index is -0.837. The first-order chi connectivity index (χ1) is 9.00. The molecule has 114 valence electrons. The summed E-state index contributed by atoms with van der Waals surface area (Å²) in [7, 11) is 0. The number of nitrogens with zero attached hydrogens (tertiary/aromatic N) is 2. The summed E-state index contributed by atoms with van der Waals surface area (Å²) in [6, 6.07) is 0. The van der Waals surface area contributed by atoms with Gasteiger partial charge in [0.1, 0.15) is 5.54 Å². The SMILES string of the molecule is CC(C)(C(N)=O)n1cc(OCC2CCNCC2)cn1.Cl. The summed E-state index contributed by atoms with van der Waals surface area (Å²) in [6.07, 6.45) is 5.64. The molecule has 7 heteroatoms. The lowest BCUT2D eigenvalue weighted by molar-refractivity contribution is -0.125. The molecular weight excluding hydrogens is 280 g/mol. The fraction of sp³-hybridized carbons (Fsp3) is 0.692. The first-order valence-corrected chi connectivity index (χ1v) is 6.68. The summed E-state index contributed by atoms with van der Waals surface area (Å²) >= 11 is 0. The number of rotatable bonds is 5. The molecule has 1 aliphatic rings. The van der Waals surface area contributed by atoms with Crippen LogP contribution in [-0.2, 0) is 10.3 Å². The van der Waals surface area contributed by atoms with Crippen molar-refractivity contribution >= 4 is 18.3 Å². The number of primary amides is 1. The van der Waals surface area contributed by atoms with Crippen molar-refractivity contribution in [3.05, 3.63) is 12.4 Å². The highest BCUT2D eigenvalue weighted by Gasteiger charge is 2.28. The van der Waals surface area contributed by atoms with E-state index in [1.54, 1.807) is 30.9 Å². The molecule has 1 aliphatic heterocycles. The van der Waals surface area contributed by atoms with Crippen molar-refractivity contribution in [3.63, 3.8) is 0 Å². The van der Waals surface area contributed by atoms with E-state index in [1.807, 2.05) is 0 Å². The first-order valence-electron chi connectivity index (χ1n) is 6.68. The van der Waals surface area contributed by atoms with Gasteiger partial charge in [-0.3, -0.25) is 9.48 Å². The van der Waals surface area contributed by atoms with Gasteiger partial charge in [0.2, 0.25) is 5.91 Å². The molecule has 1 aromatic heterocycles. The third kappa shape index (κ3) is 3.86. The molecule has 0 aromatic carbocycles. The Morgan fingerprint density at radius 3 is 2.80 bits per heavy atom. The number of ether oxygens (including phenoxy) is 1. The van der Waals surface area contributed by atoms with Crippen LogP contribution in [0.2, 0.25) is 0 Å². The lowest BCUT2D eigenvalue weighted by Gasteiger charge is -2.22. The topological polar surface area (TPSA) is 82.2 Å². The normalized spacial score (nSPS) is 16.5. The highest BCUT2D eigenvalue weighted by molar-refractivity contribution is 5.85. The molecule has 0 aliphatic carbocycles. The molecule has 0 bridgehead atoms. The summed E-state index contributed by atoms with van der Waals surface area (Å²) in [5.74, 6) is 0.863. The molecule has 1 aromatic rings. The van der Waals surface area contributed by atoms with E-state index < -0.39 is 11.4 Å². The van der Waals surface area contributed by atoms with Crippen LogP contribution >= 0.6 is 12.4 Å². The predicted octanol–water partition coefficient (Wildman–Crippen LogP) is 0.904. The molecule has 1 saturated heterocycles. The van der Waals surface area contributed by atoms with Gasteiger partial charge >= 0.3 is 0 Å². The molecular formula is C13H23ClN4O2. The minimum absolute atomic E-state index is 0. The van der Waals surface area contributed by atoms with Crippen molar-refractivity contribution in [2.45, 2.75) is 32.2 Å². The molecule has 2 rings (SSSR count). The Morgan fingerprint density at radius 2 is 2.20 bits per heavy atom. The summed E-state index contributed by atoms with van der Waals surface area (Å²) in [6.45, 7) is 6.28. The largest absolute Gasteiger partial charge is 0.490 e. The maximum absolute atomic E-state index is 11.3. The summed E-state index contributed by atoms with van der Waals surface area (Å²) in [4.78, 5) is 11.3. The van der Waals surface area contributed by atoms with Gasteiger partial charge in [-0.1, -0.05) is 0 Å². The Kier molecular flexibility index (Phi) is 5.83. The Bertz CT molecular complexity index is 441. The first kappa shape index (κ1) is 16.8. The van der Waals surface area contributed by atoms with Crippen molar-refractivity contribution in [2.75, 3.05) is 19.7 Å². The van der Waals surface area contributed by atoms with Crippen molar-refractivity contribution in [2.24, 2.45) is 11.7 Å². The number of hydrogen-bond donors (Lipinski definition) is 2. The van der Waals surface area contributed by atoms with E-state index in [0.29, 0.717) is 18.3 Å². The predicted molar refractivity (Wildman–Crippen MR) is 79.1 cm³/mol. The zero-order valence-electron chi connectivity index (χ0n) is 12.0. The zero-order chi connectivity index (χ0) is 13.9. The number of piperidine rings is 1. The standard InChI is InChI=1S/C13H22N4O2.ClH/c1-13(2,12(14)18)17-8-11(7-16-17)19-9-10-3-5-15-6-4-10;/h7-8,10,15H,3-6,9H2,1-2H3,(H2,14,18);1H. The van der Waals surface area contributed by atoms with Gasteiger partial charge in [-0.2, -0.15) is 5.10 Å². The highest BCUT2D eigenvalue weighted by Crippen LogP contribution is 2.19. The Hall–Kier alpha value is -1.27. The zero-order valence-corrected chi connectivity index (χ0v) is 12.8. The monoisotopic (exact) mass is 302 g/mol. The maximum atomic E-state index is 11.3. The van der Waals surface area contributed by atoms with Crippen LogP contribution in [0.1, 0.15) is 26.7 Å². The van der Waals surface area contributed by atoms with Gasteiger partial charge in [0.15, 0.2) is 5.75 Å². The molecule has 6 nitrogen and oxygen atoms in total. The molecule has 0 spiro atoms. The lowest BCUT2D eigenvalue weighted by Crippen LogP contribution is -2.41. The van der Waals surface area contributed by atoms with Crippen LogP contribution in [0.5, 0.6) is 5.75 Å². The van der Waals surface area contributed by atoms with Gasteiger partial charge in [-0.25, -0.2) is 0 Å². The van der Waals surface area contributed by atoms with Gasteiger partial charge < -0.3 is 15.8 Å². The molecule has 0 atom stereocenters. The average molecular weight is 303 g/mol. The van der Waals surface area contributed by atoms with Gasteiger partial charge in [0.05, 0.1) is 19.0 Å². The van der Waals surface area contributed by atoms with E-state index >= 15 is 0 Å². The smallest absolute Gasteiger partial charge is 0.244 e. The van der Waals surface area contributed by atoms with Crippen LogP contribution in [0, 0.1) is 5.92 Å². The molecule has 0 saturated carbocycles. The van der Waals surface area contributed by atoms with Crippen LogP contribution in [-0.4, -0.2) is 35.4 Å². The van der Waals surface area contributed by atoms with Crippen LogP contribution in [0.25, 0.3) is 0 Å². The third-order valence-electron chi connectivity index (χ3n) is 3.68. The number of nitrogens with two attached hydrogens (primary N) is 1. The third-order valence-corrected chi connectivity index (χ3v) is 3.68. The van der Waals surface area contributed by atoms with Crippen LogP contribution < -0.4 is 15.8 Å². The second-order valence-corrected chi connectivity index (χ2v) is 5.55. The van der Waals surface area contributed by atoms with E-state index in [1.165, 1.54) is 0 Å². The van der Waals surface area contributed by atoms with Crippen molar-refractivity contribution in [1.29, 1.82) is 0 Å². The fourth-order valence-corrected chi connectivity index (χ4v) is 2.06. The van der Waals surface area contributed by atoms with Gasteiger partial charge in [-0.05, 0) is 45.7 Å². The number of aromatic nitrogens is 2. The second-order valence-electron chi connectivity index (χ2n) is 5.55. The van der Waals surface area contributed by atoms with Gasteiger partial charge in [0.25, 0.3) is 0 Å². The molecule has 20 heavy (non-hydrogen) atoms. The Labute approximate surface area is 125 Å². The molecule has 0 unspecified atom stereocenters. The number of nitrogens with one attached hydrogen (secondary N) is 1. The second kappa shape index (κ2) is 6.95. The van der Waals surface area contributed by atoms with Crippen LogP contribution in [0.3, 0.4) is 0 Å². The van der Waals surface area contributed by atoms with E-state index in [2.05, 4.69) is 10.4 Å². The van der Waals surface area contributed by atoms with E-state index in [9.17, 15) is 4.79 Å². The van der Waals surface area contributed by atoms with Crippen molar-refractivity contribution in [1.82, 2.24) is 15.1 Å². The summed E-state index contributed by atoms with van der Waals surface area (Å²) < 4.78 is 7.29. The van der Waals surface area contributed by atoms with Crippen LogP contribution in [0.4, 0.5) is 0 Å². The molecule has 1 fully saturated rings. The molecule has 3 N–H and O–H groups in total. The van der Waals surface area contributed by atoms with Gasteiger partial charge in [0, 0.05) is 0 Å². The number of carbonyl (C=O) groups is 1. The minimum Gasteiger partial charge on any atom is -0.490 e. The highest BCUT2D eigenvalue weighted by atomic mass is 35.5. The number of amides is 1. The van der Waals surface area contributed by atoms with Crippen LogP contribution in [0.15, 0.2) is 12.4 Å².